The van der Waals surface area contributed by atoms with E-state index in [1.54, 1.807) is 0 Å². The number of nitrogen functional groups attached to an aromatic ring is 1. The Balaban J connectivity index is 2.58. The van der Waals surface area contributed by atoms with Crippen LogP contribution in [-0.4, -0.2) is 27.4 Å². The van der Waals surface area contributed by atoms with Crippen molar-refractivity contribution in [3.05, 3.63) is 46.1 Å². The van der Waals surface area contributed by atoms with Gasteiger partial charge in [0.05, 0.1) is 24.8 Å². The van der Waals surface area contributed by atoms with Crippen molar-refractivity contribution in [1.82, 2.24) is 9.55 Å². The Morgan fingerprint density at radius 1 is 1.45 bits per heavy atom. The molecule has 6 nitrogen and oxygen atoms in total. The van der Waals surface area contributed by atoms with Gasteiger partial charge in [0.15, 0.2) is 6.23 Å². The maximum absolute atomic E-state index is 13.1. The summed E-state index contributed by atoms with van der Waals surface area (Å²) in [6, 6.07) is 0. The van der Waals surface area contributed by atoms with E-state index in [-0.39, 0.29) is 35.2 Å². The molecule has 1 aliphatic heterocycles. The van der Waals surface area contributed by atoms with Crippen molar-refractivity contribution in [2.24, 2.45) is 0 Å². The fourth-order valence-corrected chi connectivity index (χ4v) is 2.03. The molecule has 1 saturated heterocycles. The molecule has 2 rings (SSSR count). The second kappa shape index (κ2) is 6.46. The lowest BCUT2D eigenvalue weighted by Crippen LogP contribution is -2.29. The lowest BCUT2D eigenvalue weighted by Gasteiger charge is -2.15. The zero-order chi connectivity index (χ0) is 16.3. The molecule has 0 spiro atoms. The van der Waals surface area contributed by atoms with Crippen molar-refractivity contribution >= 4 is 5.82 Å². The highest BCUT2D eigenvalue weighted by Crippen LogP contribution is 2.38. The Kier molecular flexibility index (Phi) is 4.65. The first-order valence-electron chi connectivity index (χ1n) is 5.94. The molecule has 116 valence electrons. The van der Waals surface area contributed by atoms with Gasteiger partial charge < -0.3 is 15.6 Å². The molecule has 9 heteroatoms. The Labute approximate surface area is 122 Å². The lowest BCUT2D eigenvalue weighted by molar-refractivity contribution is -0.00861. The summed E-state index contributed by atoms with van der Waals surface area (Å²) in [4.78, 5) is 15.3. The molecule has 1 aromatic rings. The van der Waals surface area contributed by atoms with Crippen LogP contribution in [0.4, 0.5) is 19.0 Å². The first-order valence-corrected chi connectivity index (χ1v) is 5.94. The minimum atomic E-state index is -1.38. The molecule has 0 bridgehead atoms. The van der Waals surface area contributed by atoms with Gasteiger partial charge in [-0.05, 0) is 5.92 Å². The van der Waals surface area contributed by atoms with Crippen LogP contribution in [0.15, 0.2) is 34.8 Å². The predicted octanol–water partition coefficient (Wildman–Crippen LogP) is 0.701. The van der Waals surface area contributed by atoms with E-state index in [0.29, 0.717) is 0 Å². The van der Waals surface area contributed by atoms with Gasteiger partial charge in [-0.15, -0.1) is 4.39 Å². The third kappa shape index (κ3) is 2.61. The summed E-state index contributed by atoms with van der Waals surface area (Å²) in [5.74, 6) is 1.67. The van der Waals surface area contributed by atoms with Crippen LogP contribution >= 0.6 is 0 Å². The molecule has 2 heterocycles. The van der Waals surface area contributed by atoms with Crippen molar-refractivity contribution in [2.75, 3.05) is 12.3 Å². The molecule has 1 fully saturated rings. The smallest absolute Gasteiger partial charge is 0.351 e. The topological polar surface area (TPSA) is 90.4 Å². The molecular formula is C13H10F3N3O3. The largest absolute Gasteiger partial charge is 0.393 e. The standard InChI is InChI=1S/C13H10F3N3O3/c14-2-1-7-5-19(13(21)18-11(7)17)12-9(4-16)8(3-15)10(6-20)22-12/h3-5,10,12,20H,6H2,(H2,17,18,21). The van der Waals surface area contributed by atoms with E-state index in [4.69, 9.17) is 15.6 Å². The van der Waals surface area contributed by atoms with E-state index in [1.165, 1.54) is 0 Å². The Morgan fingerprint density at radius 2 is 2.14 bits per heavy atom. The second-order valence-corrected chi connectivity index (χ2v) is 4.24. The molecule has 1 aromatic heterocycles. The highest BCUT2D eigenvalue weighted by atomic mass is 19.1. The number of nitrogens with zero attached hydrogens (tertiary/aromatic N) is 2. The van der Waals surface area contributed by atoms with Gasteiger partial charge >= 0.3 is 5.69 Å². The van der Waals surface area contributed by atoms with E-state index in [2.05, 4.69) is 4.98 Å². The summed E-state index contributed by atoms with van der Waals surface area (Å²) in [5.41, 5.74) is 3.80. The summed E-state index contributed by atoms with van der Waals surface area (Å²) in [6.45, 7) is -0.627. The Bertz CT molecular complexity index is 761. The number of hydrogen-bond acceptors (Lipinski definition) is 5. The molecule has 0 radical (unpaired) electrons. The second-order valence-electron chi connectivity index (χ2n) is 4.24. The van der Waals surface area contributed by atoms with Crippen LogP contribution in [0.25, 0.3) is 0 Å². The predicted molar refractivity (Wildman–Crippen MR) is 70.3 cm³/mol. The van der Waals surface area contributed by atoms with Crippen molar-refractivity contribution in [1.29, 1.82) is 0 Å². The van der Waals surface area contributed by atoms with E-state index >= 15 is 0 Å². The summed E-state index contributed by atoms with van der Waals surface area (Å²) >= 11 is 0. The molecule has 3 N–H and O–H groups in total. The number of aliphatic hydroxyl groups excluding tert-OH is 1. The molecule has 0 amide bonds. The van der Waals surface area contributed by atoms with Crippen LogP contribution in [-0.2, 0) is 4.74 Å². The summed E-state index contributed by atoms with van der Waals surface area (Å²) in [7, 11) is 0. The number of anilines is 1. The highest BCUT2D eigenvalue weighted by Gasteiger charge is 2.37. The normalized spacial score (nSPS) is 24.5. The first kappa shape index (κ1) is 15.8. The molecule has 2 unspecified atom stereocenters. The maximum Gasteiger partial charge on any atom is 0.351 e. The van der Waals surface area contributed by atoms with Crippen molar-refractivity contribution in [2.45, 2.75) is 12.3 Å². The first-order chi connectivity index (χ1) is 10.6. The number of hydrogen-bond donors (Lipinski definition) is 2. The molecule has 2 atom stereocenters. The number of aromatic nitrogens is 2. The van der Waals surface area contributed by atoms with Crippen molar-refractivity contribution in [3.63, 3.8) is 0 Å². The quantitative estimate of drug-likeness (QED) is 0.785. The highest BCUT2D eigenvalue weighted by molar-refractivity contribution is 5.49. The minimum Gasteiger partial charge on any atom is -0.393 e. The zero-order valence-electron chi connectivity index (χ0n) is 11.0. The maximum atomic E-state index is 13.1. The Morgan fingerprint density at radius 3 is 2.68 bits per heavy atom. The number of ether oxygens (including phenoxy) is 1. The van der Waals surface area contributed by atoms with Crippen LogP contribution in [0.1, 0.15) is 11.8 Å². The van der Waals surface area contributed by atoms with Crippen molar-refractivity contribution < 1.29 is 23.0 Å². The fourth-order valence-electron chi connectivity index (χ4n) is 2.03. The third-order valence-corrected chi connectivity index (χ3v) is 3.06. The lowest BCUT2D eigenvalue weighted by atomic mass is 10.1. The van der Waals surface area contributed by atoms with Crippen LogP contribution in [0, 0.1) is 12.1 Å². The van der Waals surface area contributed by atoms with Gasteiger partial charge in [-0.2, -0.15) is 4.98 Å². The van der Waals surface area contributed by atoms with Gasteiger partial charge in [0.1, 0.15) is 18.1 Å². The Hall–Kier alpha value is -2.57. The van der Waals surface area contributed by atoms with Crippen LogP contribution < -0.4 is 11.4 Å². The third-order valence-electron chi connectivity index (χ3n) is 3.06. The molecular weight excluding hydrogens is 303 g/mol. The molecule has 1 aliphatic rings. The molecule has 22 heavy (non-hydrogen) atoms. The average Bonchev–Trinajstić information content (AvgIpc) is 2.87. The van der Waals surface area contributed by atoms with E-state index in [1.807, 2.05) is 5.92 Å². The summed E-state index contributed by atoms with van der Waals surface area (Å²) < 4.78 is 44.1. The van der Waals surface area contributed by atoms with Crippen molar-refractivity contribution in [3.8, 4) is 12.1 Å². The monoisotopic (exact) mass is 313 g/mol. The van der Waals surface area contributed by atoms with Crippen LogP contribution in [0.5, 0.6) is 0 Å². The molecule has 0 saturated carbocycles. The van der Waals surface area contributed by atoms with E-state index in [9.17, 15) is 18.0 Å². The van der Waals surface area contributed by atoms with Gasteiger partial charge in [-0.25, -0.2) is 13.6 Å². The zero-order valence-corrected chi connectivity index (χ0v) is 11.0. The number of aliphatic hydroxyl groups is 1. The fraction of sp³-hybridized carbons (Fsp3) is 0.231. The average molecular weight is 313 g/mol. The molecule has 0 aromatic carbocycles. The SMILES string of the molecule is Nc1nc(=O)n(C2OC(CO)C(=CF)C2=CF)cc1C#CF. The summed E-state index contributed by atoms with van der Waals surface area (Å²) in [5, 5.41) is 9.12. The van der Waals surface area contributed by atoms with E-state index in [0.717, 1.165) is 16.9 Å². The number of nitrogens with two attached hydrogens (primary N) is 1. The van der Waals surface area contributed by atoms with Gasteiger partial charge in [-0.1, -0.05) is 0 Å². The van der Waals surface area contributed by atoms with Gasteiger partial charge in [0, 0.05) is 17.3 Å². The van der Waals surface area contributed by atoms with Crippen LogP contribution in [0.2, 0.25) is 0 Å². The van der Waals surface area contributed by atoms with Gasteiger partial charge in [0.25, 0.3) is 0 Å². The summed E-state index contributed by atoms with van der Waals surface area (Å²) in [6.07, 6.45) is -0.300. The van der Waals surface area contributed by atoms with Gasteiger partial charge in [0.2, 0.25) is 0 Å². The molecule has 0 aliphatic carbocycles. The van der Waals surface area contributed by atoms with Crippen LogP contribution in [0.3, 0.4) is 0 Å². The van der Waals surface area contributed by atoms with E-state index < -0.39 is 24.6 Å². The number of rotatable bonds is 2. The minimum absolute atomic E-state index is 0.0506. The van der Waals surface area contributed by atoms with Gasteiger partial charge in [-0.3, -0.25) is 4.57 Å². The number of halogens is 3.